The number of methoxy groups -OCH3 is 1. The first-order valence-electron chi connectivity index (χ1n) is 7.50. The maximum Gasteiger partial charge on any atom is 0.410 e. The number of rotatable bonds is 3. The van der Waals surface area contributed by atoms with Crippen molar-refractivity contribution >= 4 is 12.1 Å². The maximum atomic E-state index is 11.9. The molecule has 0 bridgehead atoms. The van der Waals surface area contributed by atoms with Gasteiger partial charge in [-0.1, -0.05) is 6.08 Å². The summed E-state index contributed by atoms with van der Waals surface area (Å²) >= 11 is 0. The molecule has 2 aliphatic rings. The number of esters is 1. The van der Waals surface area contributed by atoms with Gasteiger partial charge in [0.25, 0.3) is 0 Å². The van der Waals surface area contributed by atoms with Gasteiger partial charge in [-0.15, -0.1) is 0 Å². The molecule has 1 amide bonds. The van der Waals surface area contributed by atoms with Gasteiger partial charge in [0.2, 0.25) is 0 Å². The van der Waals surface area contributed by atoms with Crippen LogP contribution in [0.2, 0.25) is 0 Å². The van der Waals surface area contributed by atoms with Gasteiger partial charge in [-0.05, 0) is 39.3 Å². The minimum Gasteiger partial charge on any atom is -0.467 e. The van der Waals surface area contributed by atoms with Crippen LogP contribution in [-0.4, -0.2) is 60.2 Å². The molecule has 118 valence electrons. The smallest absolute Gasteiger partial charge is 0.410 e. The molecule has 6 nitrogen and oxygen atoms in total. The zero-order chi connectivity index (χ0) is 15.4. The first-order chi connectivity index (χ1) is 10.0. The van der Waals surface area contributed by atoms with E-state index in [1.54, 1.807) is 4.90 Å². The molecule has 0 radical (unpaired) electrons. The summed E-state index contributed by atoms with van der Waals surface area (Å²) < 4.78 is 10.1. The van der Waals surface area contributed by atoms with Crippen molar-refractivity contribution in [2.45, 2.75) is 51.3 Å². The molecule has 0 saturated carbocycles. The zero-order valence-corrected chi connectivity index (χ0v) is 12.9. The van der Waals surface area contributed by atoms with E-state index in [0.29, 0.717) is 19.5 Å². The molecule has 2 aliphatic heterocycles. The van der Waals surface area contributed by atoms with Crippen LogP contribution in [0, 0.1) is 0 Å². The Labute approximate surface area is 125 Å². The Morgan fingerprint density at radius 2 is 1.90 bits per heavy atom. The topological polar surface area (TPSA) is 59.1 Å². The van der Waals surface area contributed by atoms with Gasteiger partial charge in [0.15, 0.2) is 0 Å². The summed E-state index contributed by atoms with van der Waals surface area (Å²) in [5, 5.41) is 0. The highest BCUT2D eigenvalue weighted by Gasteiger charge is 2.35. The van der Waals surface area contributed by atoms with Gasteiger partial charge >= 0.3 is 12.1 Å². The average molecular weight is 296 g/mol. The molecular weight excluding hydrogens is 272 g/mol. The first-order valence-corrected chi connectivity index (χ1v) is 7.50. The van der Waals surface area contributed by atoms with Crippen LogP contribution in [0.1, 0.15) is 33.1 Å². The molecule has 2 heterocycles. The van der Waals surface area contributed by atoms with E-state index in [-0.39, 0.29) is 30.3 Å². The normalized spacial score (nSPS) is 22.8. The van der Waals surface area contributed by atoms with Gasteiger partial charge in [0.1, 0.15) is 6.04 Å². The highest BCUT2D eigenvalue weighted by molar-refractivity contribution is 5.76. The van der Waals surface area contributed by atoms with Crippen LogP contribution in [-0.2, 0) is 14.3 Å². The number of nitrogens with zero attached hydrogens (tertiary/aromatic N) is 2. The van der Waals surface area contributed by atoms with E-state index in [1.807, 2.05) is 26.1 Å². The van der Waals surface area contributed by atoms with Crippen molar-refractivity contribution in [2.75, 3.05) is 20.2 Å². The summed E-state index contributed by atoms with van der Waals surface area (Å²) in [4.78, 5) is 27.4. The number of ether oxygens (including phenoxy) is 2. The van der Waals surface area contributed by atoms with Gasteiger partial charge in [0.05, 0.1) is 13.2 Å². The Morgan fingerprint density at radius 1 is 1.24 bits per heavy atom. The standard InChI is InChI=1S/C15H24N2O4/c1-11(2)21-15(19)16-9-6-12(7-10-16)17-8-4-5-13(17)14(18)20-3/h4,8,11-13H,5-7,9-10H2,1-3H3. The molecule has 0 aliphatic carbocycles. The van der Waals surface area contributed by atoms with Crippen LogP contribution in [0.3, 0.4) is 0 Å². The molecule has 0 aromatic heterocycles. The van der Waals surface area contributed by atoms with Gasteiger partial charge in [0, 0.05) is 19.1 Å². The fourth-order valence-corrected chi connectivity index (χ4v) is 2.89. The monoisotopic (exact) mass is 296 g/mol. The zero-order valence-electron chi connectivity index (χ0n) is 12.9. The number of hydrogen-bond donors (Lipinski definition) is 0. The second kappa shape index (κ2) is 6.83. The van der Waals surface area contributed by atoms with Crippen molar-refractivity contribution in [1.82, 2.24) is 9.80 Å². The third-order valence-electron chi connectivity index (χ3n) is 3.95. The molecule has 6 heteroatoms. The number of hydrogen-bond acceptors (Lipinski definition) is 5. The SMILES string of the molecule is COC(=O)C1CC=CN1C1CCN(C(=O)OC(C)C)CC1. The van der Waals surface area contributed by atoms with Crippen LogP contribution < -0.4 is 0 Å². The minimum atomic E-state index is -0.245. The average Bonchev–Trinajstić information content (AvgIpc) is 2.95. The van der Waals surface area contributed by atoms with E-state index < -0.39 is 0 Å². The molecule has 1 saturated heterocycles. The fraction of sp³-hybridized carbons (Fsp3) is 0.733. The molecule has 0 N–H and O–H groups in total. The van der Waals surface area contributed by atoms with E-state index in [0.717, 1.165) is 12.8 Å². The Hall–Kier alpha value is -1.72. The summed E-state index contributed by atoms with van der Waals surface area (Å²) in [5.74, 6) is -0.193. The third-order valence-corrected chi connectivity index (χ3v) is 3.95. The van der Waals surface area contributed by atoms with Crippen molar-refractivity contribution < 1.29 is 19.1 Å². The summed E-state index contributed by atoms with van der Waals surface area (Å²) in [6.07, 6.45) is 6.01. The summed E-state index contributed by atoms with van der Waals surface area (Å²) in [5.41, 5.74) is 0. The van der Waals surface area contributed by atoms with Gasteiger partial charge in [-0.3, -0.25) is 0 Å². The first kappa shape index (κ1) is 15.7. The molecule has 1 fully saturated rings. The Bertz CT molecular complexity index is 414. The molecule has 1 atom stereocenters. The molecule has 0 aromatic rings. The van der Waals surface area contributed by atoms with Gasteiger partial charge < -0.3 is 19.3 Å². The number of carbonyl (C=O) groups is 2. The molecule has 21 heavy (non-hydrogen) atoms. The van der Waals surface area contributed by atoms with E-state index in [9.17, 15) is 9.59 Å². The van der Waals surface area contributed by atoms with Crippen molar-refractivity contribution in [3.63, 3.8) is 0 Å². The maximum absolute atomic E-state index is 11.9. The lowest BCUT2D eigenvalue weighted by molar-refractivity contribution is -0.146. The number of likely N-dealkylation sites (tertiary alicyclic amines) is 1. The number of carbonyl (C=O) groups excluding carboxylic acids is 2. The van der Waals surface area contributed by atoms with Crippen LogP contribution in [0.4, 0.5) is 4.79 Å². The predicted octanol–water partition coefficient (Wildman–Crippen LogP) is 1.76. The second-order valence-electron chi connectivity index (χ2n) is 5.76. The molecule has 1 unspecified atom stereocenters. The van der Waals surface area contributed by atoms with E-state index >= 15 is 0 Å². The molecular formula is C15H24N2O4. The molecule has 0 spiro atoms. The quantitative estimate of drug-likeness (QED) is 0.743. The van der Waals surface area contributed by atoms with Crippen LogP contribution in [0.5, 0.6) is 0 Å². The van der Waals surface area contributed by atoms with E-state index in [1.165, 1.54) is 7.11 Å². The summed E-state index contributed by atoms with van der Waals surface area (Å²) in [6, 6.07) is 0.0603. The lowest BCUT2D eigenvalue weighted by atomic mass is 10.0. The highest BCUT2D eigenvalue weighted by atomic mass is 16.6. The molecule has 2 rings (SSSR count). The van der Waals surface area contributed by atoms with Crippen molar-refractivity contribution in [1.29, 1.82) is 0 Å². The largest absolute Gasteiger partial charge is 0.467 e. The Morgan fingerprint density at radius 3 is 2.48 bits per heavy atom. The predicted molar refractivity (Wildman–Crippen MR) is 77.6 cm³/mol. The van der Waals surface area contributed by atoms with Crippen LogP contribution in [0.15, 0.2) is 12.3 Å². The Balaban J connectivity index is 1.87. The summed E-state index contributed by atoms with van der Waals surface area (Å²) in [6.45, 7) is 5.02. The highest BCUT2D eigenvalue weighted by Crippen LogP contribution is 2.25. The van der Waals surface area contributed by atoms with Crippen LogP contribution in [0.25, 0.3) is 0 Å². The van der Waals surface area contributed by atoms with Crippen molar-refractivity contribution in [2.24, 2.45) is 0 Å². The Kier molecular flexibility index (Phi) is 5.09. The second-order valence-corrected chi connectivity index (χ2v) is 5.76. The van der Waals surface area contributed by atoms with E-state index in [2.05, 4.69) is 4.90 Å². The van der Waals surface area contributed by atoms with Crippen LogP contribution >= 0.6 is 0 Å². The van der Waals surface area contributed by atoms with Gasteiger partial charge in [-0.2, -0.15) is 0 Å². The number of amides is 1. The van der Waals surface area contributed by atoms with Gasteiger partial charge in [-0.25, -0.2) is 9.59 Å². The summed E-state index contributed by atoms with van der Waals surface area (Å²) in [7, 11) is 1.42. The van der Waals surface area contributed by atoms with Crippen molar-refractivity contribution in [3.8, 4) is 0 Å². The third kappa shape index (κ3) is 3.68. The minimum absolute atomic E-state index is 0.0968. The van der Waals surface area contributed by atoms with E-state index in [4.69, 9.17) is 9.47 Å². The van der Waals surface area contributed by atoms with Crippen molar-refractivity contribution in [3.05, 3.63) is 12.3 Å². The number of piperidine rings is 1. The molecule has 0 aromatic carbocycles. The lowest BCUT2D eigenvalue weighted by Gasteiger charge is -2.38. The fourth-order valence-electron chi connectivity index (χ4n) is 2.89. The lowest BCUT2D eigenvalue weighted by Crippen LogP contribution is -2.49.